The second-order valence-corrected chi connectivity index (χ2v) is 44.0. The molecule has 0 saturated carbocycles. The number of aryl methyl sites for hydroxylation is 2. The summed E-state index contributed by atoms with van der Waals surface area (Å²) in [5, 5.41) is 0. The quantitative estimate of drug-likeness (QED) is 0.0273. The van der Waals surface area contributed by atoms with Crippen LogP contribution in [0.3, 0.4) is 0 Å². The Bertz CT molecular complexity index is 2630. The molecule has 0 amide bonds. The third-order valence-corrected chi connectivity index (χ3v) is 31.2. The Balaban J connectivity index is 0.000000888. The topological polar surface area (TPSA) is 25.3 Å². The van der Waals surface area contributed by atoms with Crippen molar-refractivity contribution in [2.75, 3.05) is 0 Å². The smallest absolute Gasteiger partial charge is 0.0654 e. The van der Waals surface area contributed by atoms with Crippen molar-refractivity contribution in [1.29, 1.82) is 0 Å². The van der Waals surface area contributed by atoms with E-state index in [-0.39, 0.29) is 0 Å². The Kier molecular flexibility index (Phi) is 98.0. The molecule has 0 radical (unpaired) electrons. The molecule has 129 heavy (non-hydrogen) atoms. The minimum Gasteiger partial charge on any atom is -0.0654 e. The van der Waals surface area contributed by atoms with E-state index in [0.29, 0.717) is 0 Å². The monoisotopic (exact) mass is 1880 g/mol. The normalized spacial score (nSPS) is 12.5. The molecule has 754 valence electrons. The molecule has 0 N–H and O–H groups in total. The predicted molar refractivity (Wildman–Crippen MR) is 583 cm³/mol. The van der Waals surface area contributed by atoms with Gasteiger partial charge in [0.05, 0.1) is 5.57 Å². The minimum absolute atomic E-state index is 0.952. The summed E-state index contributed by atoms with van der Waals surface area (Å²) in [6.07, 6.45) is 149. The summed E-state index contributed by atoms with van der Waals surface area (Å²) in [6.45, 7) is 13.8. The van der Waals surface area contributed by atoms with E-state index in [1.807, 2.05) is 0 Å². The number of benzene rings is 2. The van der Waals surface area contributed by atoms with Gasteiger partial charge in [0.15, 0.2) is 0 Å². The molecule has 1 heterocycles. The van der Waals surface area contributed by atoms with Crippen molar-refractivity contribution in [3.63, 3.8) is 0 Å². The van der Waals surface area contributed by atoms with Crippen LogP contribution in [-0.4, -0.2) is 4.70 Å². The average molecular weight is 1880 g/mol. The van der Waals surface area contributed by atoms with Crippen LogP contribution in [0.15, 0.2) is 84.0 Å². The van der Waals surface area contributed by atoms with Crippen LogP contribution in [0.4, 0.5) is 0 Å². The Morgan fingerprint density at radius 1 is 0.217 bits per heavy atom. The molecule has 2 aromatic carbocycles. The minimum atomic E-state index is 0.952. The van der Waals surface area contributed by atoms with Gasteiger partial charge in [-0.05, 0) is 100.0 Å². The Labute approximate surface area is 820 Å². The second-order valence-electron chi connectivity index (χ2n) is 41.6. The van der Waals surface area contributed by atoms with E-state index in [9.17, 15) is 5.53 Å². The summed E-state index contributed by atoms with van der Waals surface area (Å²) >= 11 is 1.05. The molecule has 2 nitrogen and oxygen atoms in total. The van der Waals surface area contributed by atoms with Crippen LogP contribution in [0.25, 0.3) is 16.9 Å². The van der Waals surface area contributed by atoms with E-state index in [1.54, 1.807) is 14.5 Å². The van der Waals surface area contributed by atoms with Crippen molar-refractivity contribution in [3.05, 3.63) is 112 Å². The first kappa shape index (κ1) is 123. The first-order chi connectivity index (χ1) is 64.1. The van der Waals surface area contributed by atoms with Crippen LogP contribution in [0.1, 0.15) is 680 Å². The maximum atomic E-state index is 12.4. The van der Waals surface area contributed by atoms with E-state index in [4.69, 9.17) is 0 Å². The van der Waals surface area contributed by atoms with E-state index in [1.165, 1.54) is 606 Å². The van der Waals surface area contributed by atoms with Gasteiger partial charge in [-0.2, -0.15) is 0 Å². The van der Waals surface area contributed by atoms with Gasteiger partial charge in [-0.1, -0.05) is 514 Å². The van der Waals surface area contributed by atoms with Crippen molar-refractivity contribution < 1.29 is 22.7 Å². The molecule has 0 fully saturated rings. The molecule has 1 aliphatic heterocycles. The Morgan fingerprint density at radius 2 is 0.450 bits per heavy atom. The molecule has 0 unspecified atom stereocenters. The van der Waals surface area contributed by atoms with Crippen LogP contribution in [0, 0.1) is 0 Å². The molecule has 0 aliphatic carbocycles. The van der Waals surface area contributed by atoms with E-state index >= 15 is 0 Å². The third kappa shape index (κ3) is 80.3. The van der Waals surface area contributed by atoms with Crippen LogP contribution in [-0.2, 0) is 30.8 Å². The van der Waals surface area contributed by atoms with Gasteiger partial charge in [0, 0.05) is 16.7 Å². The zero-order chi connectivity index (χ0) is 92.1. The average Bonchev–Trinajstić information content (AvgIpc) is 1.60. The fourth-order valence-electron chi connectivity index (χ4n) is 20.2. The van der Waals surface area contributed by atoms with Gasteiger partial charge in [0.2, 0.25) is 11.4 Å². The number of hydrogen-bond acceptors (Lipinski definition) is 0. The molecule has 0 atom stereocenters. The van der Waals surface area contributed by atoms with Crippen LogP contribution in [0.5, 0.6) is 0 Å². The summed E-state index contributed by atoms with van der Waals surface area (Å²) < 4.78 is 1.58. The summed E-state index contributed by atoms with van der Waals surface area (Å²) in [5.41, 5.74) is 21.9. The summed E-state index contributed by atoms with van der Waals surface area (Å²) in [5.74, 6) is 0. The molecule has 1 aliphatic rings. The molecule has 0 aromatic heterocycles. The van der Waals surface area contributed by atoms with Crippen molar-refractivity contribution in [2.45, 2.75) is 681 Å². The van der Waals surface area contributed by atoms with Gasteiger partial charge in [-0.3, -0.25) is 0 Å². The molecule has 0 spiro atoms. The summed E-state index contributed by atoms with van der Waals surface area (Å²) in [4.78, 5) is 3.10. The van der Waals surface area contributed by atoms with Gasteiger partial charge < -0.3 is 5.53 Å². The standard InChI is InChI=1S/C68H112N2.2C29H59.Pd/c1-5-9-13-15-17-19-21-23-25-27-28-29-30-31-32-34-35-37-39-41-43-45-47-52-62-53-49-50-55-64(62)68-66(54-12-8-4)65(67(70(68)69)63-59-57-61(58-60-63)51-11-7-3)56-48-46-44-42-40-38-36-33-26-24-22-20-18-16-14-10-6-2;2*1-3-5-7-9-11-13-15-17-19-21-23-25-27-29-28-26-24-22-20-18-16-14-12-10-8-6-4-2;/h41,43,48-50,53,55-60H,5-40,42,44-47,51-52,54H2,1-4H3;2*1,3-29H2,2H3;. The number of nitrogens with zero attached hydrogens (tertiary/aromatic N) is 2. The number of rotatable bonds is 104. The van der Waals surface area contributed by atoms with Crippen molar-refractivity contribution in [3.8, 4) is 0 Å². The zero-order valence-electron chi connectivity index (χ0n) is 88.8. The Hall–Kier alpha value is -2.34. The van der Waals surface area contributed by atoms with Crippen LogP contribution < -0.4 is 0 Å². The zero-order valence-corrected chi connectivity index (χ0v) is 90.4. The molecule has 0 saturated heterocycles. The molecular weight excluding hydrogens is 1650 g/mol. The predicted octanol–water partition coefficient (Wildman–Crippen LogP) is 46.5. The summed E-state index contributed by atoms with van der Waals surface area (Å²) in [7, 11) is 0. The van der Waals surface area contributed by atoms with Crippen molar-refractivity contribution >= 4 is 11.4 Å². The molecule has 0 bridgehead atoms. The van der Waals surface area contributed by atoms with Gasteiger partial charge in [-0.15, -0.1) is 0 Å². The molecule has 2 aromatic rings. The van der Waals surface area contributed by atoms with Gasteiger partial charge in [0.1, 0.15) is 0 Å². The van der Waals surface area contributed by atoms with Gasteiger partial charge >= 0.3 is 169 Å². The fraction of sp³-hybridized carbons (Fsp3) is 0.841. The van der Waals surface area contributed by atoms with Crippen LogP contribution >= 0.6 is 0 Å². The number of unbranched alkanes of at least 4 members (excludes halogenated alkanes) is 88. The van der Waals surface area contributed by atoms with E-state index < -0.39 is 0 Å². The van der Waals surface area contributed by atoms with Crippen molar-refractivity contribution in [1.82, 2.24) is 0 Å². The number of hydrogen-bond donors (Lipinski definition) is 0. The molecular formula is C126H230N2Pd. The van der Waals surface area contributed by atoms with Gasteiger partial charge in [0.25, 0.3) is 0 Å². The fourth-order valence-corrected chi connectivity index (χ4v) is 22.1. The number of allylic oxidation sites excluding steroid dienone is 6. The molecule has 3 rings (SSSR count). The van der Waals surface area contributed by atoms with Crippen LogP contribution in [0.2, 0.25) is 9.79 Å². The molecule has 3 heteroatoms. The van der Waals surface area contributed by atoms with Crippen molar-refractivity contribution in [2.24, 2.45) is 0 Å². The van der Waals surface area contributed by atoms with E-state index in [0.717, 1.165) is 86.3 Å². The first-order valence-corrected chi connectivity index (χ1v) is 62.2. The maximum absolute atomic E-state index is 12.4. The Morgan fingerprint density at radius 3 is 0.729 bits per heavy atom. The first-order valence-electron chi connectivity index (χ1n) is 60.0. The second kappa shape index (κ2) is 103. The van der Waals surface area contributed by atoms with Gasteiger partial charge in [-0.25, -0.2) is 4.70 Å². The summed E-state index contributed by atoms with van der Waals surface area (Å²) in [6, 6.07) is 18.0. The SMILES string of the molecule is CCCCCCCCCCCCCCCCCC=CC1=C(c2ccc(CCCC)cc2)[N+](=[N-])C(c2ccccc2CCCC=CCCCCCCCCCCCCCCCCCCCC)=C1CCCC.CCCCCCCCCCCCCCCCCCCCCCCCCCCC[CH2][Pd][CH2]CCCCCCCCCCCCCCCCCCCCCCCCCCCC. The van der Waals surface area contributed by atoms with E-state index in [2.05, 4.69) is 114 Å². The third-order valence-electron chi connectivity index (χ3n) is 29.0.